The van der Waals surface area contributed by atoms with Gasteiger partial charge < -0.3 is 4.74 Å². The van der Waals surface area contributed by atoms with Gasteiger partial charge in [-0.15, -0.1) is 0 Å². The van der Waals surface area contributed by atoms with Gasteiger partial charge in [-0.3, -0.25) is 4.98 Å². The first-order valence-electron chi connectivity index (χ1n) is 4.28. The van der Waals surface area contributed by atoms with Crippen molar-refractivity contribution in [3.63, 3.8) is 0 Å². The lowest BCUT2D eigenvalue weighted by Crippen LogP contribution is -1.85. The lowest BCUT2D eigenvalue weighted by atomic mass is 10.3. The largest absolute Gasteiger partial charge is 0.456 e. The Morgan fingerprint density at radius 1 is 1.13 bits per heavy atom. The van der Waals surface area contributed by atoms with E-state index in [1.54, 1.807) is 30.6 Å². The molecule has 0 radical (unpaired) electrons. The summed E-state index contributed by atoms with van der Waals surface area (Å²) in [5, 5.41) is 0. The molecule has 0 saturated carbocycles. The Bertz CT molecular complexity index is 432. The smallest absolute Gasteiger partial charge is 0.146 e. The minimum Gasteiger partial charge on any atom is -0.456 e. The SMILES string of the molecule is Fc1cccc(Oc2cncc(Br)c2)c1. The first kappa shape index (κ1) is 10.1. The Labute approximate surface area is 94.9 Å². The van der Waals surface area contributed by atoms with Crippen LogP contribution in [0.3, 0.4) is 0 Å². The second-order valence-electron chi connectivity index (χ2n) is 2.90. The van der Waals surface area contributed by atoms with Crippen LogP contribution in [0.1, 0.15) is 0 Å². The fraction of sp³-hybridized carbons (Fsp3) is 0. The molecule has 15 heavy (non-hydrogen) atoms. The Morgan fingerprint density at radius 2 is 2.00 bits per heavy atom. The Morgan fingerprint density at radius 3 is 2.73 bits per heavy atom. The molecule has 1 aromatic carbocycles. The van der Waals surface area contributed by atoms with Gasteiger partial charge in [-0.05, 0) is 34.1 Å². The number of aromatic nitrogens is 1. The fourth-order valence-electron chi connectivity index (χ4n) is 1.11. The molecule has 0 N–H and O–H groups in total. The summed E-state index contributed by atoms with van der Waals surface area (Å²) < 4.78 is 19.1. The van der Waals surface area contributed by atoms with Crippen LogP contribution in [-0.2, 0) is 0 Å². The van der Waals surface area contributed by atoms with Crippen LogP contribution in [0.25, 0.3) is 0 Å². The predicted octanol–water partition coefficient (Wildman–Crippen LogP) is 3.78. The van der Waals surface area contributed by atoms with Crippen molar-refractivity contribution in [1.82, 2.24) is 4.98 Å². The van der Waals surface area contributed by atoms with Crippen LogP contribution < -0.4 is 4.74 Å². The molecule has 0 aliphatic rings. The van der Waals surface area contributed by atoms with Crippen molar-refractivity contribution in [2.45, 2.75) is 0 Å². The normalized spacial score (nSPS) is 10.0. The van der Waals surface area contributed by atoms with Gasteiger partial charge in [0.05, 0.1) is 6.20 Å². The summed E-state index contributed by atoms with van der Waals surface area (Å²) in [6.07, 6.45) is 3.22. The highest BCUT2D eigenvalue weighted by Gasteiger charge is 1.99. The summed E-state index contributed by atoms with van der Waals surface area (Å²) in [5.41, 5.74) is 0. The fourth-order valence-corrected chi connectivity index (χ4v) is 1.46. The standard InChI is InChI=1S/C11H7BrFNO/c12-8-4-11(7-14-6-8)15-10-3-1-2-9(13)5-10/h1-7H. The molecular formula is C11H7BrFNO. The molecule has 2 aromatic rings. The maximum absolute atomic E-state index is 12.8. The van der Waals surface area contributed by atoms with Gasteiger partial charge in [0.25, 0.3) is 0 Å². The summed E-state index contributed by atoms with van der Waals surface area (Å²) in [6, 6.07) is 7.73. The van der Waals surface area contributed by atoms with Crippen LogP contribution in [0.4, 0.5) is 4.39 Å². The summed E-state index contributed by atoms with van der Waals surface area (Å²) in [6.45, 7) is 0. The van der Waals surface area contributed by atoms with Crippen molar-refractivity contribution in [3.05, 3.63) is 53.0 Å². The molecule has 0 bridgehead atoms. The first-order valence-corrected chi connectivity index (χ1v) is 5.07. The highest BCUT2D eigenvalue weighted by molar-refractivity contribution is 9.10. The molecule has 0 aliphatic carbocycles. The van der Waals surface area contributed by atoms with E-state index in [1.165, 1.54) is 12.1 Å². The van der Waals surface area contributed by atoms with Crippen molar-refractivity contribution in [2.24, 2.45) is 0 Å². The van der Waals surface area contributed by atoms with E-state index in [0.29, 0.717) is 11.5 Å². The number of rotatable bonds is 2. The van der Waals surface area contributed by atoms with E-state index >= 15 is 0 Å². The molecule has 0 unspecified atom stereocenters. The molecule has 0 spiro atoms. The maximum Gasteiger partial charge on any atom is 0.146 e. The highest BCUT2D eigenvalue weighted by Crippen LogP contribution is 2.23. The van der Waals surface area contributed by atoms with Crippen LogP contribution in [0.2, 0.25) is 0 Å². The summed E-state index contributed by atoms with van der Waals surface area (Å²) in [4.78, 5) is 3.94. The molecule has 0 fully saturated rings. The predicted molar refractivity (Wildman–Crippen MR) is 58.4 cm³/mol. The van der Waals surface area contributed by atoms with E-state index in [-0.39, 0.29) is 5.82 Å². The summed E-state index contributed by atoms with van der Waals surface area (Å²) in [7, 11) is 0. The number of nitrogens with zero attached hydrogens (tertiary/aromatic N) is 1. The van der Waals surface area contributed by atoms with Crippen molar-refractivity contribution >= 4 is 15.9 Å². The van der Waals surface area contributed by atoms with Gasteiger partial charge in [0, 0.05) is 16.7 Å². The number of pyridine rings is 1. The first-order chi connectivity index (χ1) is 7.24. The zero-order chi connectivity index (χ0) is 10.7. The van der Waals surface area contributed by atoms with E-state index < -0.39 is 0 Å². The minimum atomic E-state index is -0.324. The molecule has 4 heteroatoms. The summed E-state index contributed by atoms with van der Waals surface area (Å²) >= 11 is 3.27. The number of halogens is 2. The average Bonchev–Trinajstić information content (AvgIpc) is 2.17. The van der Waals surface area contributed by atoms with Gasteiger partial charge >= 0.3 is 0 Å². The third-order valence-corrected chi connectivity index (χ3v) is 2.15. The van der Waals surface area contributed by atoms with Crippen molar-refractivity contribution in [3.8, 4) is 11.5 Å². The van der Waals surface area contributed by atoms with Gasteiger partial charge in [0.1, 0.15) is 17.3 Å². The molecule has 2 nitrogen and oxygen atoms in total. The quantitative estimate of drug-likeness (QED) is 0.826. The molecule has 0 saturated heterocycles. The highest BCUT2D eigenvalue weighted by atomic mass is 79.9. The molecule has 76 valence electrons. The molecular weight excluding hydrogens is 261 g/mol. The third-order valence-electron chi connectivity index (χ3n) is 1.71. The lowest BCUT2D eigenvalue weighted by molar-refractivity contribution is 0.474. The molecule has 2 rings (SSSR count). The van der Waals surface area contributed by atoms with Crippen molar-refractivity contribution in [1.29, 1.82) is 0 Å². The monoisotopic (exact) mass is 267 g/mol. The van der Waals surface area contributed by atoms with Gasteiger partial charge in [-0.1, -0.05) is 6.07 Å². The zero-order valence-corrected chi connectivity index (χ0v) is 9.24. The Balaban J connectivity index is 2.22. The third kappa shape index (κ3) is 2.76. The molecule has 0 amide bonds. The number of hydrogen-bond donors (Lipinski definition) is 0. The second kappa shape index (κ2) is 4.40. The van der Waals surface area contributed by atoms with Gasteiger partial charge in [0.15, 0.2) is 0 Å². The zero-order valence-electron chi connectivity index (χ0n) is 7.65. The Hall–Kier alpha value is -1.42. The molecule has 1 aromatic heterocycles. The van der Waals surface area contributed by atoms with Gasteiger partial charge in [0.2, 0.25) is 0 Å². The van der Waals surface area contributed by atoms with Gasteiger partial charge in [-0.2, -0.15) is 0 Å². The van der Waals surface area contributed by atoms with Crippen LogP contribution in [0.15, 0.2) is 47.2 Å². The van der Waals surface area contributed by atoms with Crippen LogP contribution in [0.5, 0.6) is 11.5 Å². The molecule has 0 atom stereocenters. The second-order valence-corrected chi connectivity index (χ2v) is 3.81. The average molecular weight is 268 g/mol. The van der Waals surface area contributed by atoms with E-state index in [0.717, 1.165) is 4.47 Å². The number of ether oxygens (including phenoxy) is 1. The van der Waals surface area contributed by atoms with E-state index in [9.17, 15) is 4.39 Å². The Kier molecular flexibility index (Phi) is 2.97. The van der Waals surface area contributed by atoms with Crippen LogP contribution in [-0.4, -0.2) is 4.98 Å². The van der Waals surface area contributed by atoms with E-state index in [2.05, 4.69) is 20.9 Å². The summed E-state index contributed by atoms with van der Waals surface area (Å²) in [5.74, 6) is 0.695. The van der Waals surface area contributed by atoms with Crippen molar-refractivity contribution in [2.75, 3.05) is 0 Å². The van der Waals surface area contributed by atoms with Gasteiger partial charge in [-0.25, -0.2) is 4.39 Å². The van der Waals surface area contributed by atoms with Crippen molar-refractivity contribution < 1.29 is 9.13 Å². The maximum atomic E-state index is 12.8. The lowest BCUT2D eigenvalue weighted by Gasteiger charge is -2.04. The number of hydrogen-bond acceptors (Lipinski definition) is 2. The topological polar surface area (TPSA) is 22.1 Å². The number of benzene rings is 1. The minimum absolute atomic E-state index is 0.324. The van der Waals surface area contributed by atoms with E-state index in [4.69, 9.17) is 4.74 Å². The molecule has 0 aliphatic heterocycles. The van der Waals surface area contributed by atoms with E-state index in [1.807, 2.05) is 0 Å². The van der Waals surface area contributed by atoms with Crippen LogP contribution in [0, 0.1) is 5.82 Å². The van der Waals surface area contributed by atoms with Crippen LogP contribution >= 0.6 is 15.9 Å². The molecule has 1 heterocycles.